The highest BCUT2D eigenvalue weighted by molar-refractivity contribution is 5.79. The molecule has 104 valence electrons. The van der Waals surface area contributed by atoms with Crippen molar-refractivity contribution in [3.63, 3.8) is 0 Å². The summed E-state index contributed by atoms with van der Waals surface area (Å²) in [5.74, 6) is 0.923. The van der Waals surface area contributed by atoms with Crippen molar-refractivity contribution in [2.24, 2.45) is 5.92 Å². The van der Waals surface area contributed by atoms with Crippen LogP contribution in [0.5, 0.6) is 0 Å². The van der Waals surface area contributed by atoms with Crippen molar-refractivity contribution >= 4 is 11.9 Å². The van der Waals surface area contributed by atoms with Gasteiger partial charge in [0.05, 0.1) is 0 Å². The van der Waals surface area contributed by atoms with Crippen LogP contribution in [0.4, 0.5) is 4.79 Å². The van der Waals surface area contributed by atoms with E-state index in [4.69, 9.17) is 4.74 Å². The molecule has 0 heterocycles. The lowest BCUT2D eigenvalue weighted by Crippen LogP contribution is -2.38. The molecule has 0 aromatic rings. The first-order chi connectivity index (χ1) is 8.26. The Kier molecular flexibility index (Phi) is 5.17. The van der Waals surface area contributed by atoms with Gasteiger partial charge in [0.15, 0.2) is 0 Å². The van der Waals surface area contributed by atoms with E-state index in [2.05, 4.69) is 5.32 Å². The van der Waals surface area contributed by atoms with Gasteiger partial charge < -0.3 is 10.1 Å². The van der Waals surface area contributed by atoms with Gasteiger partial charge in [0, 0.05) is 18.9 Å². The van der Waals surface area contributed by atoms with Gasteiger partial charge in [-0.2, -0.15) is 0 Å². The molecule has 0 radical (unpaired) electrons. The molecule has 1 aliphatic rings. The van der Waals surface area contributed by atoms with Gasteiger partial charge in [-0.25, -0.2) is 4.79 Å². The van der Waals surface area contributed by atoms with E-state index in [9.17, 15) is 9.59 Å². The van der Waals surface area contributed by atoms with Gasteiger partial charge >= 0.3 is 6.09 Å². The summed E-state index contributed by atoms with van der Waals surface area (Å²) in [5.41, 5.74) is -0.457. The maximum Gasteiger partial charge on any atom is 0.407 e. The van der Waals surface area contributed by atoms with Gasteiger partial charge in [-0.1, -0.05) is 0 Å². The van der Waals surface area contributed by atoms with Crippen molar-refractivity contribution in [1.29, 1.82) is 0 Å². The zero-order valence-corrected chi connectivity index (χ0v) is 11.9. The van der Waals surface area contributed by atoms with Gasteiger partial charge in [-0.3, -0.25) is 4.79 Å². The first-order valence-electron chi connectivity index (χ1n) is 6.77. The zero-order valence-electron chi connectivity index (χ0n) is 11.9. The largest absolute Gasteiger partial charge is 0.444 e. The second kappa shape index (κ2) is 6.21. The van der Waals surface area contributed by atoms with E-state index in [-0.39, 0.29) is 12.1 Å². The molecular weight excluding hydrogens is 230 g/mol. The van der Waals surface area contributed by atoms with Crippen LogP contribution in [-0.2, 0) is 9.53 Å². The summed E-state index contributed by atoms with van der Waals surface area (Å²) in [4.78, 5) is 22.7. The number of hydrogen-bond acceptors (Lipinski definition) is 3. The lowest BCUT2D eigenvalue weighted by atomic mass is 9.84. The molecule has 1 amide bonds. The molecule has 1 fully saturated rings. The second-order valence-electron chi connectivity index (χ2n) is 6.27. The third kappa shape index (κ3) is 6.03. The van der Waals surface area contributed by atoms with E-state index in [1.807, 2.05) is 27.7 Å². The van der Waals surface area contributed by atoms with Crippen LogP contribution in [0.1, 0.15) is 59.8 Å². The molecule has 0 aromatic carbocycles. The molecule has 1 aliphatic carbocycles. The molecule has 4 nitrogen and oxygen atoms in total. The van der Waals surface area contributed by atoms with Gasteiger partial charge in [0.1, 0.15) is 11.4 Å². The predicted molar refractivity (Wildman–Crippen MR) is 70.4 cm³/mol. The third-order valence-corrected chi connectivity index (χ3v) is 3.11. The van der Waals surface area contributed by atoms with Crippen molar-refractivity contribution in [1.82, 2.24) is 5.32 Å². The summed E-state index contributed by atoms with van der Waals surface area (Å²) in [7, 11) is 0. The lowest BCUT2D eigenvalue weighted by molar-refractivity contribution is -0.121. The number of amides is 1. The van der Waals surface area contributed by atoms with Crippen molar-refractivity contribution in [3.8, 4) is 0 Å². The number of ether oxygens (including phenoxy) is 1. The Morgan fingerprint density at radius 3 is 2.44 bits per heavy atom. The minimum absolute atomic E-state index is 0.0954. The molecule has 1 rings (SSSR count). The fourth-order valence-electron chi connectivity index (χ4n) is 2.30. The molecule has 1 atom stereocenters. The smallest absolute Gasteiger partial charge is 0.407 e. The van der Waals surface area contributed by atoms with Crippen LogP contribution in [0.2, 0.25) is 0 Å². The quantitative estimate of drug-likeness (QED) is 0.843. The number of rotatable bonds is 3. The van der Waals surface area contributed by atoms with Gasteiger partial charge in [-0.05, 0) is 52.9 Å². The van der Waals surface area contributed by atoms with Gasteiger partial charge in [0.2, 0.25) is 0 Å². The molecule has 0 spiro atoms. The minimum Gasteiger partial charge on any atom is -0.444 e. The minimum atomic E-state index is -0.457. The average molecular weight is 255 g/mol. The molecule has 1 saturated carbocycles. The highest BCUT2D eigenvalue weighted by atomic mass is 16.6. The molecule has 0 aromatic heterocycles. The monoisotopic (exact) mass is 255 g/mol. The van der Waals surface area contributed by atoms with Crippen LogP contribution < -0.4 is 5.32 Å². The highest BCUT2D eigenvalue weighted by Crippen LogP contribution is 2.25. The van der Waals surface area contributed by atoms with Gasteiger partial charge in [-0.15, -0.1) is 0 Å². The molecule has 18 heavy (non-hydrogen) atoms. The number of hydrogen-bond donors (Lipinski definition) is 1. The molecule has 0 aliphatic heterocycles. The SMILES string of the molecule is C[C@@H](CC1CCC(=O)CC1)NC(=O)OC(C)(C)C. The summed E-state index contributed by atoms with van der Waals surface area (Å²) in [5, 5.41) is 2.85. The highest BCUT2D eigenvalue weighted by Gasteiger charge is 2.22. The van der Waals surface area contributed by atoms with Crippen LogP contribution in [0.3, 0.4) is 0 Å². The lowest BCUT2D eigenvalue weighted by Gasteiger charge is -2.26. The topological polar surface area (TPSA) is 55.4 Å². The third-order valence-electron chi connectivity index (χ3n) is 3.11. The van der Waals surface area contributed by atoms with E-state index in [1.54, 1.807) is 0 Å². The number of carbonyl (C=O) groups is 2. The van der Waals surface area contributed by atoms with Gasteiger partial charge in [0.25, 0.3) is 0 Å². The summed E-state index contributed by atoms with van der Waals surface area (Å²) in [6.45, 7) is 7.54. The summed E-state index contributed by atoms with van der Waals surface area (Å²) in [6.07, 6.45) is 3.88. The second-order valence-corrected chi connectivity index (χ2v) is 6.27. The van der Waals surface area contributed by atoms with Crippen LogP contribution in [-0.4, -0.2) is 23.5 Å². The Bertz CT molecular complexity index is 297. The summed E-state index contributed by atoms with van der Waals surface area (Å²) < 4.78 is 5.21. The molecule has 1 N–H and O–H groups in total. The fourth-order valence-corrected chi connectivity index (χ4v) is 2.30. The first-order valence-corrected chi connectivity index (χ1v) is 6.77. The van der Waals surface area contributed by atoms with Crippen LogP contribution in [0.15, 0.2) is 0 Å². The maximum absolute atomic E-state index is 11.6. The number of carbonyl (C=O) groups excluding carboxylic acids is 2. The van der Waals surface area contributed by atoms with Crippen LogP contribution in [0, 0.1) is 5.92 Å². The Morgan fingerprint density at radius 2 is 1.94 bits per heavy atom. The number of ketones is 1. The van der Waals surface area contributed by atoms with E-state index in [1.165, 1.54) is 0 Å². The molecule has 0 unspecified atom stereocenters. The van der Waals surface area contributed by atoms with Crippen LogP contribution >= 0.6 is 0 Å². The average Bonchev–Trinajstić information content (AvgIpc) is 2.18. The fraction of sp³-hybridized carbons (Fsp3) is 0.857. The summed E-state index contributed by atoms with van der Waals surface area (Å²) >= 11 is 0. The molecule has 4 heteroatoms. The zero-order chi connectivity index (χ0) is 13.8. The van der Waals surface area contributed by atoms with E-state index in [0.717, 1.165) is 19.3 Å². The number of alkyl carbamates (subject to hydrolysis) is 1. The van der Waals surface area contributed by atoms with Crippen molar-refractivity contribution in [2.75, 3.05) is 0 Å². The van der Waals surface area contributed by atoms with Crippen LogP contribution in [0.25, 0.3) is 0 Å². The Morgan fingerprint density at radius 1 is 1.39 bits per heavy atom. The molecule has 0 bridgehead atoms. The number of nitrogens with one attached hydrogen (secondary N) is 1. The van der Waals surface area contributed by atoms with E-state index < -0.39 is 5.60 Å². The molecule has 0 saturated heterocycles. The number of Topliss-reactive ketones (excluding diaryl/α,β-unsaturated/α-hetero) is 1. The van der Waals surface area contributed by atoms with Crippen molar-refractivity contribution < 1.29 is 14.3 Å². The standard InChI is InChI=1S/C14H25NO3/c1-10(15-13(17)18-14(2,3)4)9-11-5-7-12(16)8-6-11/h10-11H,5-9H2,1-4H3,(H,15,17)/t10-/m0/s1. The molecular formula is C14H25NO3. The predicted octanol–water partition coefficient (Wildman–Crippen LogP) is 3.05. The Balaban J connectivity index is 2.26. The van der Waals surface area contributed by atoms with E-state index >= 15 is 0 Å². The van der Waals surface area contributed by atoms with E-state index in [0.29, 0.717) is 24.5 Å². The maximum atomic E-state index is 11.6. The first kappa shape index (κ1) is 15.0. The van der Waals surface area contributed by atoms with Crippen molar-refractivity contribution in [2.45, 2.75) is 71.4 Å². The van der Waals surface area contributed by atoms with Crippen molar-refractivity contribution in [3.05, 3.63) is 0 Å². The Hall–Kier alpha value is -1.06. The summed E-state index contributed by atoms with van der Waals surface area (Å²) in [6, 6.07) is 0.0954. The Labute approximate surface area is 109 Å². The normalized spacial score (nSPS) is 19.4.